The van der Waals surface area contributed by atoms with Gasteiger partial charge in [-0.25, -0.2) is 4.39 Å². The highest BCUT2D eigenvalue weighted by atomic mass is 19.1. The molecule has 0 amide bonds. The van der Waals surface area contributed by atoms with E-state index >= 15 is 0 Å². The Balaban J connectivity index is 1.96. The number of hydrogen-bond donors (Lipinski definition) is 1. The molecule has 0 saturated carbocycles. The van der Waals surface area contributed by atoms with Gasteiger partial charge in [0.1, 0.15) is 17.7 Å². The van der Waals surface area contributed by atoms with E-state index in [1.54, 1.807) is 0 Å². The Kier molecular flexibility index (Phi) is 3.93. The summed E-state index contributed by atoms with van der Waals surface area (Å²) >= 11 is 0. The summed E-state index contributed by atoms with van der Waals surface area (Å²) in [4.78, 5) is 0. The van der Waals surface area contributed by atoms with Crippen LogP contribution in [-0.2, 0) is 0 Å². The molecule has 0 radical (unpaired) electrons. The molecule has 0 aromatic heterocycles. The molecule has 3 rings (SSSR count). The minimum absolute atomic E-state index is 0.0387. The molecular formula is C18H20FNO. The predicted molar refractivity (Wildman–Crippen MR) is 82.0 cm³/mol. The molecule has 0 bridgehead atoms. The number of hydrogen-bond acceptors (Lipinski definition) is 2. The zero-order valence-corrected chi connectivity index (χ0v) is 12.4. The summed E-state index contributed by atoms with van der Waals surface area (Å²) in [6.07, 6.45) is 0.818. The topological polar surface area (TPSA) is 21.3 Å². The van der Waals surface area contributed by atoms with Crippen LogP contribution in [-0.4, -0.2) is 6.54 Å². The lowest BCUT2D eigenvalue weighted by atomic mass is 9.92. The lowest BCUT2D eigenvalue weighted by Crippen LogP contribution is -2.29. The van der Waals surface area contributed by atoms with Gasteiger partial charge in [0.2, 0.25) is 0 Å². The lowest BCUT2D eigenvalue weighted by Gasteiger charge is -2.33. The Morgan fingerprint density at radius 2 is 2.10 bits per heavy atom. The van der Waals surface area contributed by atoms with E-state index < -0.39 is 0 Å². The fourth-order valence-corrected chi connectivity index (χ4v) is 2.95. The number of benzene rings is 2. The van der Waals surface area contributed by atoms with E-state index in [-0.39, 0.29) is 18.0 Å². The Morgan fingerprint density at radius 3 is 2.86 bits per heavy atom. The van der Waals surface area contributed by atoms with Crippen LogP contribution in [0.1, 0.15) is 42.2 Å². The maximum Gasteiger partial charge on any atom is 0.127 e. The standard InChI is InChI=1S/C18H20FNO/c1-3-20-16-11-17(13-6-4-5-12(2)9-13)21-18-10-14(19)7-8-15(16)18/h4-10,16-17,20H,3,11H2,1-2H3. The molecule has 1 heterocycles. The summed E-state index contributed by atoms with van der Waals surface area (Å²) in [5, 5.41) is 3.47. The highest BCUT2D eigenvalue weighted by Crippen LogP contribution is 2.41. The molecule has 0 spiro atoms. The fraction of sp³-hybridized carbons (Fsp3) is 0.333. The first kappa shape index (κ1) is 14.1. The minimum atomic E-state index is -0.256. The molecule has 1 N–H and O–H groups in total. The normalized spacial score (nSPS) is 20.7. The van der Waals surface area contributed by atoms with Crippen LogP contribution in [0, 0.1) is 12.7 Å². The Hall–Kier alpha value is -1.87. The van der Waals surface area contributed by atoms with Crippen molar-refractivity contribution in [2.75, 3.05) is 6.54 Å². The molecule has 2 aromatic carbocycles. The van der Waals surface area contributed by atoms with Crippen molar-refractivity contribution in [1.82, 2.24) is 5.32 Å². The van der Waals surface area contributed by atoms with Crippen LogP contribution in [0.3, 0.4) is 0 Å². The summed E-state index contributed by atoms with van der Waals surface area (Å²) < 4.78 is 19.6. The van der Waals surface area contributed by atoms with E-state index in [4.69, 9.17) is 4.74 Å². The van der Waals surface area contributed by atoms with E-state index in [1.807, 2.05) is 12.1 Å². The average Bonchev–Trinajstić information content (AvgIpc) is 2.47. The monoisotopic (exact) mass is 285 g/mol. The maximum absolute atomic E-state index is 13.5. The summed E-state index contributed by atoms with van der Waals surface area (Å²) in [6.45, 7) is 5.03. The number of nitrogens with one attached hydrogen (secondary N) is 1. The third-order valence-corrected chi connectivity index (χ3v) is 3.93. The molecule has 21 heavy (non-hydrogen) atoms. The van der Waals surface area contributed by atoms with Gasteiger partial charge in [0, 0.05) is 24.1 Å². The van der Waals surface area contributed by atoms with Gasteiger partial charge in [-0.2, -0.15) is 0 Å². The molecule has 2 unspecified atom stereocenters. The second kappa shape index (κ2) is 5.86. The Labute approximate surface area is 125 Å². The number of ether oxygens (including phenoxy) is 1. The zero-order valence-electron chi connectivity index (χ0n) is 12.4. The van der Waals surface area contributed by atoms with Gasteiger partial charge < -0.3 is 10.1 Å². The quantitative estimate of drug-likeness (QED) is 0.907. The third kappa shape index (κ3) is 2.93. The van der Waals surface area contributed by atoms with Crippen molar-refractivity contribution in [3.63, 3.8) is 0 Å². The third-order valence-electron chi connectivity index (χ3n) is 3.93. The van der Waals surface area contributed by atoms with Crippen molar-refractivity contribution in [3.05, 3.63) is 65.0 Å². The molecule has 3 heteroatoms. The van der Waals surface area contributed by atoms with Gasteiger partial charge in [-0.15, -0.1) is 0 Å². The number of halogens is 1. The fourth-order valence-electron chi connectivity index (χ4n) is 2.95. The summed E-state index contributed by atoms with van der Waals surface area (Å²) in [5.41, 5.74) is 3.40. The van der Waals surface area contributed by atoms with Crippen molar-refractivity contribution >= 4 is 0 Å². The van der Waals surface area contributed by atoms with Gasteiger partial charge in [-0.3, -0.25) is 0 Å². The van der Waals surface area contributed by atoms with E-state index in [9.17, 15) is 4.39 Å². The van der Waals surface area contributed by atoms with Crippen LogP contribution in [0.15, 0.2) is 42.5 Å². The van der Waals surface area contributed by atoms with E-state index in [0.717, 1.165) is 24.1 Å². The Bertz CT molecular complexity index is 641. The van der Waals surface area contributed by atoms with Crippen LogP contribution in [0.25, 0.3) is 0 Å². The Morgan fingerprint density at radius 1 is 1.24 bits per heavy atom. The largest absolute Gasteiger partial charge is 0.485 e. The van der Waals surface area contributed by atoms with Gasteiger partial charge in [-0.05, 0) is 25.1 Å². The van der Waals surface area contributed by atoms with Crippen LogP contribution in [0.4, 0.5) is 4.39 Å². The van der Waals surface area contributed by atoms with Crippen LogP contribution >= 0.6 is 0 Å². The molecule has 1 aliphatic heterocycles. The van der Waals surface area contributed by atoms with Gasteiger partial charge in [0.05, 0.1) is 0 Å². The van der Waals surface area contributed by atoms with Crippen LogP contribution in [0.2, 0.25) is 0 Å². The molecular weight excluding hydrogens is 265 g/mol. The van der Waals surface area contributed by atoms with Crippen molar-refractivity contribution in [2.24, 2.45) is 0 Å². The zero-order chi connectivity index (χ0) is 14.8. The molecule has 1 aliphatic rings. The number of rotatable bonds is 3. The molecule has 2 aromatic rings. The molecule has 0 aliphatic carbocycles. The van der Waals surface area contributed by atoms with Gasteiger partial charge in [0.15, 0.2) is 0 Å². The van der Waals surface area contributed by atoms with Gasteiger partial charge in [0.25, 0.3) is 0 Å². The smallest absolute Gasteiger partial charge is 0.127 e. The van der Waals surface area contributed by atoms with Gasteiger partial charge >= 0.3 is 0 Å². The maximum atomic E-state index is 13.5. The van der Waals surface area contributed by atoms with E-state index in [0.29, 0.717) is 5.75 Å². The average molecular weight is 285 g/mol. The first-order valence-electron chi connectivity index (χ1n) is 7.43. The summed E-state index contributed by atoms with van der Waals surface area (Å²) in [7, 11) is 0. The predicted octanol–water partition coefficient (Wildman–Crippen LogP) is 4.31. The molecule has 2 nitrogen and oxygen atoms in total. The van der Waals surface area contributed by atoms with Gasteiger partial charge in [-0.1, -0.05) is 42.8 Å². The molecule has 110 valence electrons. The first-order valence-corrected chi connectivity index (χ1v) is 7.43. The van der Waals surface area contributed by atoms with Crippen molar-refractivity contribution < 1.29 is 9.13 Å². The molecule has 0 fully saturated rings. The van der Waals surface area contributed by atoms with Crippen molar-refractivity contribution in [1.29, 1.82) is 0 Å². The number of aryl methyl sites for hydroxylation is 1. The molecule has 0 saturated heterocycles. The lowest BCUT2D eigenvalue weighted by molar-refractivity contribution is 0.151. The minimum Gasteiger partial charge on any atom is -0.485 e. The van der Waals surface area contributed by atoms with E-state index in [1.165, 1.54) is 17.7 Å². The highest BCUT2D eigenvalue weighted by molar-refractivity contribution is 5.40. The van der Waals surface area contributed by atoms with Crippen molar-refractivity contribution in [3.8, 4) is 5.75 Å². The first-order chi connectivity index (χ1) is 10.2. The van der Waals surface area contributed by atoms with Crippen LogP contribution in [0.5, 0.6) is 5.75 Å². The van der Waals surface area contributed by atoms with Crippen LogP contribution < -0.4 is 10.1 Å². The SMILES string of the molecule is CCNC1CC(c2cccc(C)c2)Oc2cc(F)ccc21. The van der Waals surface area contributed by atoms with Crippen molar-refractivity contribution in [2.45, 2.75) is 32.4 Å². The number of fused-ring (bicyclic) bond motifs is 1. The molecule has 2 atom stereocenters. The summed E-state index contributed by atoms with van der Waals surface area (Å²) in [5.74, 6) is 0.396. The second-order valence-electron chi connectivity index (χ2n) is 5.55. The second-order valence-corrected chi connectivity index (χ2v) is 5.55. The summed E-state index contributed by atoms with van der Waals surface area (Å²) in [6, 6.07) is 13.3. The highest BCUT2D eigenvalue weighted by Gasteiger charge is 2.29. The van der Waals surface area contributed by atoms with E-state index in [2.05, 4.69) is 37.4 Å².